The maximum absolute atomic E-state index is 13.2. The number of rotatable bonds is 2. The van der Waals surface area contributed by atoms with Crippen molar-refractivity contribution in [3.8, 4) is 5.75 Å². The first kappa shape index (κ1) is 22.4. The molecule has 3 rings (SSSR count). The van der Waals surface area contributed by atoms with E-state index in [0.29, 0.717) is 17.7 Å². The smallest absolute Gasteiger partial charge is 0.437 e. The largest absolute Gasteiger partial charge is 0.450 e. The number of hydrogen-bond acceptors (Lipinski definition) is 6. The molecule has 0 spiro atoms. The van der Waals surface area contributed by atoms with Crippen molar-refractivity contribution >= 4 is 17.3 Å². The normalized spacial score (nSPS) is 23.0. The number of alkyl halides is 6. The molecule has 0 fully saturated rings. The van der Waals surface area contributed by atoms with Crippen LogP contribution in [0.15, 0.2) is 58.3 Å². The molecule has 0 amide bonds. The molecule has 6 nitrogen and oxygen atoms in total. The fourth-order valence-corrected chi connectivity index (χ4v) is 2.69. The zero-order valence-electron chi connectivity index (χ0n) is 16.0. The van der Waals surface area contributed by atoms with E-state index in [1.54, 1.807) is 23.8 Å². The van der Waals surface area contributed by atoms with Gasteiger partial charge in [0.15, 0.2) is 0 Å². The van der Waals surface area contributed by atoms with E-state index >= 15 is 0 Å². The van der Waals surface area contributed by atoms with E-state index in [0.717, 1.165) is 12.1 Å². The van der Waals surface area contributed by atoms with Crippen molar-refractivity contribution in [3.63, 3.8) is 0 Å². The second-order valence-electron chi connectivity index (χ2n) is 6.61. The van der Waals surface area contributed by atoms with Gasteiger partial charge in [-0.2, -0.15) is 26.3 Å². The van der Waals surface area contributed by atoms with Crippen LogP contribution in [0.25, 0.3) is 5.57 Å². The number of allylic oxidation sites excluding steroid dienone is 2. The van der Waals surface area contributed by atoms with Crippen LogP contribution in [0, 0.1) is 0 Å². The van der Waals surface area contributed by atoms with E-state index < -0.39 is 35.8 Å². The fraction of sp³-hybridized carbons (Fsp3) is 0.263. The SMILES string of the molecule is C/C1=C/C(Oc2cc(C(F)(F)F)ccc2C2=CC=CNC2)=N\NC(C(F)(F)F)=NC1N. The summed E-state index contributed by atoms with van der Waals surface area (Å²) in [5.74, 6) is -2.10. The molecule has 4 N–H and O–H groups in total. The number of halogens is 6. The Kier molecular flexibility index (Phi) is 6.11. The molecule has 0 bridgehead atoms. The Bertz CT molecular complexity index is 1000. The Labute approximate surface area is 172 Å². The highest BCUT2D eigenvalue weighted by atomic mass is 19.4. The number of nitrogens with one attached hydrogen (secondary N) is 2. The molecule has 1 atom stereocenters. The maximum atomic E-state index is 13.2. The van der Waals surface area contributed by atoms with Crippen LogP contribution in [-0.2, 0) is 6.18 Å². The van der Waals surface area contributed by atoms with Gasteiger partial charge in [0.1, 0.15) is 11.9 Å². The average Bonchev–Trinajstić information content (AvgIpc) is 2.68. The predicted octanol–water partition coefficient (Wildman–Crippen LogP) is 3.69. The van der Waals surface area contributed by atoms with Gasteiger partial charge in [0.05, 0.1) is 5.56 Å². The van der Waals surface area contributed by atoms with E-state index in [-0.39, 0.29) is 11.3 Å². The lowest BCUT2D eigenvalue weighted by atomic mass is 10.0. The van der Waals surface area contributed by atoms with Crippen molar-refractivity contribution in [3.05, 3.63) is 59.3 Å². The standard InChI is InChI=1S/C19H17F6N5O/c1-10-7-15(29-30-17(19(23,24)25)28-16(10)26)31-14-8-12(18(20,21)22)4-5-13(14)11-3-2-6-27-9-11/h2-8,16,27H,9,26H2,1H3,(H,28,30)/b10-7-,29-15+. The van der Waals surface area contributed by atoms with Crippen molar-refractivity contribution in [2.45, 2.75) is 25.4 Å². The summed E-state index contributed by atoms with van der Waals surface area (Å²) in [5.41, 5.74) is 7.47. The van der Waals surface area contributed by atoms with E-state index in [1.807, 2.05) is 0 Å². The Morgan fingerprint density at radius 1 is 1.13 bits per heavy atom. The van der Waals surface area contributed by atoms with Crippen molar-refractivity contribution < 1.29 is 31.1 Å². The van der Waals surface area contributed by atoms with E-state index in [9.17, 15) is 26.3 Å². The Balaban J connectivity index is 2.04. The lowest BCUT2D eigenvalue weighted by molar-refractivity contribution is -0.137. The maximum Gasteiger partial charge on any atom is 0.450 e. The van der Waals surface area contributed by atoms with Gasteiger partial charge >= 0.3 is 12.4 Å². The molecule has 1 unspecified atom stereocenters. The third-order valence-corrected chi connectivity index (χ3v) is 4.30. The summed E-state index contributed by atoms with van der Waals surface area (Å²) in [7, 11) is 0. The van der Waals surface area contributed by atoms with Crippen molar-refractivity contribution in [2.75, 3.05) is 6.54 Å². The molecule has 166 valence electrons. The minimum atomic E-state index is -4.86. The van der Waals surface area contributed by atoms with E-state index in [1.165, 1.54) is 19.1 Å². The molecule has 0 radical (unpaired) electrons. The number of dihydropyridines is 1. The van der Waals surface area contributed by atoms with Crippen molar-refractivity contribution in [1.29, 1.82) is 0 Å². The molecule has 2 aliphatic heterocycles. The highest BCUT2D eigenvalue weighted by molar-refractivity contribution is 5.95. The lowest BCUT2D eigenvalue weighted by Gasteiger charge is -2.20. The highest BCUT2D eigenvalue weighted by Gasteiger charge is 2.37. The minimum absolute atomic E-state index is 0.164. The predicted molar refractivity (Wildman–Crippen MR) is 103 cm³/mol. The number of amidine groups is 1. The molecule has 2 aliphatic rings. The fourth-order valence-electron chi connectivity index (χ4n) is 2.69. The number of ether oxygens (including phenoxy) is 1. The molecule has 2 heterocycles. The van der Waals surface area contributed by atoms with Crippen LogP contribution in [0.5, 0.6) is 5.75 Å². The van der Waals surface area contributed by atoms with Gasteiger partial charge in [0.25, 0.3) is 0 Å². The number of hydrogen-bond donors (Lipinski definition) is 3. The zero-order valence-corrected chi connectivity index (χ0v) is 16.0. The van der Waals surface area contributed by atoms with Gasteiger partial charge in [-0.25, -0.2) is 4.99 Å². The van der Waals surface area contributed by atoms with Crippen LogP contribution in [0.2, 0.25) is 0 Å². The number of benzene rings is 1. The summed E-state index contributed by atoms with van der Waals surface area (Å²) in [6.07, 6.45) is -4.68. The molecular weight excluding hydrogens is 428 g/mol. The number of nitrogens with two attached hydrogens (primary N) is 1. The van der Waals surface area contributed by atoms with Gasteiger partial charge in [-0.1, -0.05) is 12.1 Å². The molecule has 0 saturated heterocycles. The van der Waals surface area contributed by atoms with Crippen LogP contribution in [0.3, 0.4) is 0 Å². The Hall–Kier alpha value is -3.28. The van der Waals surface area contributed by atoms with Crippen LogP contribution in [0.4, 0.5) is 26.3 Å². The Morgan fingerprint density at radius 2 is 1.87 bits per heavy atom. The first-order valence-electron chi connectivity index (χ1n) is 8.86. The molecule has 0 saturated carbocycles. The lowest BCUT2D eigenvalue weighted by Crippen LogP contribution is -2.39. The Morgan fingerprint density at radius 3 is 2.48 bits per heavy atom. The number of hydrazone groups is 1. The quantitative estimate of drug-likeness (QED) is 0.607. The summed E-state index contributed by atoms with van der Waals surface area (Å²) in [4.78, 5) is 3.32. The molecule has 1 aromatic carbocycles. The van der Waals surface area contributed by atoms with Crippen LogP contribution >= 0.6 is 0 Å². The third kappa shape index (κ3) is 5.45. The molecular formula is C19H17F6N5O. The summed E-state index contributed by atoms with van der Waals surface area (Å²) in [5, 5.41) is 6.44. The van der Waals surface area contributed by atoms with Gasteiger partial charge < -0.3 is 15.8 Å². The van der Waals surface area contributed by atoms with Crippen LogP contribution in [0.1, 0.15) is 18.1 Å². The van der Waals surface area contributed by atoms with Crippen molar-refractivity contribution in [2.24, 2.45) is 15.8 Å². The molecule has 0 aromatic heterocycles. The minimum Gasteiger partial charge on any atom is -0.437 e. The second-order valence-corrected chi connectivity index (χ2v) is 6.61. The molecule has 31 heavy (non-hydrogen) atoms. The summed E-state index contributed by atoms with van der Waals surface area (Å²) in [6, 6.07) is 2.88. The third-order valence-electron chi connectivity index (χ3n) is 4.30. The summed E-state index contributed by atoms with van der Waals surface area (Å²) in [6.45, 7) is 1.71. The van der Waals surface area contributed by atoms with Gasteiger partial charge in [0.2, 0.25) is 11.7 Å². The monoisotopic (exact) mass is 445 g/mol. The average molecular weight is 445 g/mol. The second kappa shape index (κ2) is 8.46. The van der Waals surface area contributed by atoms with Crippen LogP contribution in [-0.4, -0.2) is 30.6 Å². The van der Waals surface area contributed by atoms with Crippen molar-refractivity contribution in [1.82, 2.24) is 10.7 Å². The molecule has 12 heteroatoms. The number of aliphatic imine (C=N–C) groups is 1. The highest BCUT2D eigenvalue weighted by Crippen LogP contribution is 2.36. The van der Waals surface area contributed by atoms with Gasteiger partial charge in [-0.05, 0) is 42.5 Å². The van der Waals surface area contributed by atoms with E-state index in [4.69, 9.17) is 10.5 Å². The zero-order chi connectivity index (χ0) is 22.8. The van der Waals surface area contributed by atoms with Crippen LogP contribution < -0.4 is 21.2 Å². The molecule has 1 aromatic rings. The first-order valence-corrected chi connectivity index (χ1v) is 8.86. The summed E-state index contributed by atoms with van der Waals surface area (Å²) < 4.78 is 84.4. The first-order chi connectivity index (χ1) is 14.4. The summed E-state index contributed by atoms with van der Waals surface area (Å²) >= 11 is 0. The number of nitrogens with zero attached hydrogens (tertiary/aromatic N) is 2. The van der Waals surface area contributed by atoms with Gasteiger partial charge in [-0.3, -0.25) is 5.43 Å². The van der Waals surface area contributed by atoms with E-state index in [2.05, 4.69) is 15.4 Å². The van der Waals surface area contributed by atoms with Gasteiger partial charge in [-0.15, -0.1) is 5.10 Å². The van der Waals surface area contributed by atoms with Gasteiger partial charge in [0, 0.05) is 18.2 Å². The molecule has 0 aliphatic carbocycles. The topological polar surface area (TPSA) is 84.0 Å².